The lowest BCUT2D eigenvalue weighted by molar-refractivity contribution is -0.0683. The molecule has 0 aromatic heterocycles. The van der Waals surface area contributed by atoms with Gasteiger partial charge in [0, 0.05) is 0 Å². The van der Waals surface area contributed by atoms with Crippen molar-refractivity contribution in [3.63, 3.8) is 0 Å². The number of benzene rings is 1. The van der Waals surface area contributed by atoms with Gasteiger partial charge < -0.3 is 0 Å². The van der Waals surface area contributed by atoms with Crippen molar-refractivity contribution in [2.24, 2.45) is 23.2 Å². The van der Waals surface area contributed by atoms with Gasteiger partial charge in [0.15, 0.2) is 0 Å². The molecule has 4 saturated carbocycles. The largest absolute Gasteiger partial charge is 0.0622 e. The molecule has 4 fully saturated rings. The van der Waals surface area contributed by atoms with E-state index < -0.39 is 0 Å². The minimum absolute atomic E-state index is 0.609. The van der Waals surface area contributed by atoms with Crippen LogP contribution < -0.4 is 0 Å². The smallest absolute Gasteiger partial charge is 0.0105 e. The highest BCUT2D eigenvalue weighted by Crippen LogP contribution is 2.65. The first-order chi connectivity index (χ1) is 9.29. The van der Waals surface area contributed by atoms with Gasteiger partial charge in [-0.1, -0.05) is 37.3 Å². The molecule has 0 nitrogen and oxygen atoms in total. The first kappa shape index (κ1) is 12.0. The van der Waals surface area contributed by atoms with E-state index in [1.54, 1.807) is 5.56 Å². The van der Waals surface area contributed by atoms with Gasteiger partial charge in [-0.3, -0.25) is 0 Å². The molecule has 101 valence electrons. The van der Waals surface area contributed by atoms with Gasteiger partial charge in [0.05, 0.1) is 0 Å². The molecule has 1 radical (unpaired) electrons. The molecule has 5 rings (SSSR count). The Morgan fingerprint density at radius 2 is 1.47 bits per heavy atom. The van der Waals surface area contributed by atoms with Gasteiger partial charge >= 0.3 is 0 Å². The van der Waals surface area contributed by atoms with Gasteiger partial charge in [-0.15, -0.1) is 0 Å². The summed E-state index contributed by atoms with van der Waals surface area (Å²) in [5.41, 5.74) is 2.16. The molecule has 0 heteroatoms. The summed E-state index contributed by atoms with van der Waals surface area (Å²) >= 11 is 0. The summed E-state index contributed by atoms with van der Waals surface area (Å²) in [6.07, 6.45) is 10.2. The Bertz CT molecular complexity index is 409. The van der Waals surface area contributed by atoms with Crippen molar-refractivity contribution in [3.8, 4) is 0 Å². The van der Waals surface area contributed by atoms with Crippen LogP contribution in [0.3, 0.4) is 0 Å². The van der Waals surface area contributed by atoms with Crippen molar-refractivity contribution in [3.05, 3.63) is 42.8 Å². The maximum absolute atomic E-state index is 4.32. The van der Waals surface area contributed by atoms with Gasteiger partial charge in [0.2, 0.25) is 0 Å². The maximum Gasteiger partial charge on any atom is -0.0105 e. The highest BCUT2D eigenvalue weighted by molar-refractivity contribution is 5.24. The van der Waals surface area contributed by atoms with Crippen LogP contribution >= 0.6 is 0 Å². The summed E-state index contributed by atoms with van der Waals surface area (Å²) in [6.45, 7) is 4.32. The van der Waals surface area contributed by atoms with E-state index in [0.29, 0.717) is 11.3 Å². The van der Waals surface area contributed by atoms with E-state index in [4.69, 9.17) is 0 Å². The van der Waals surface area contributed by atoms with Gasteiger partial charge in [-0.25, -0.2) is 0 Å². The number of hydrogen-bond donors (Lipinski definition) is 0. The first-order valence-electron chi connectivity index (χ1n) is 8.13. The zero-order valence-electron chi connectivity index (χ0n) is 11.9. The molecule has 4 aliphatic rings. The maximum atomic E-state index is 4.32. The highest BCUT2D eigenvalue weighted by atomic mass is 14.6. The molecular formula is C19H25. The summed E-state index contributed by atoms with van der Waals surface area (Å²) in [7, 11) is 0. The molecular weight excluding hydrogens is 228 g/mol. The molecule has 0 spiro atoms. The molecule has 0 saturated heterocycles. The molecule has 0 amide bonds. The second kappa shape index (κ2) is 4.36. The lowest BCUT2D eigenvalue weighted by Crippen LogP contribution is -2.48. The van der Waals surface area contributed by atoms with E-state index in [-0.39, 0.29) is 0 Å². The molecule has 0 aliphatic heterocycles. The van der Waals surface area contributed by atoms with Crippen LogP contribution in [-0.4, -0.2) is 0 Å². The monoisotopic (exact) mass is 253 g/mol. The van der Waals surface area contributed by atoms with Crippen LogP contribution in [0.15, 0.2) is 30.3 Å². The number of rotatable bonds is 3. The van der Waals surface area contributed by atoms with Crippen LogP contribution in [0.25, 0.3) is 0 Å². The van der Waals surface area contributed by atoms with Gasteiger partial charge in [0.1, 0.15) is 0 Å². The van der Waals surface area contributed by atoms with Crippen molar-refractivity contribution >= 4 is 0 Å². The third-order valence-electron chi connectivity index (χ3n) is 6.32. The van der Waals surface area contributed by atoms with Crippen LogP contribution in [-0.2, 0) is 0 Å². The van der Waals surface area contributed by atoms with Crippen LogP contribution in [0.2, 0.25) is 0 Å². The summed E-state index contributed by atoms with van der Waals surface area (Å²) in [5, 5.41) is 0. The van der Waals surface area contributed by atoms with E-state index in [1.807, 2.05) is 0 Å². The van der Waals surface area contributed by atoms with E-state index in [1.165, 1.54) is 38.5 Å². The van der Waals surface area contributed by atoms with Crippen LogP contribution in [0.4, 0.5) is 0 Å². The Labute approximate surface area is 117 Å². The van der Waals surface area contributed by atoms with Crippen molar-refractivity contribution in [2.75, 3.05) is 0 Å². The molecule has 1 atom stereocenters. The quantitative estimate of drug-likeness (QED) is 0.693. The minimum Gasteiger partial charge on any atom is -0.0622 e. The fourth-order valence-corrected chi connectivity index (χ4v) is 6.12. The van der Waals surface area contributed by atoms with E-state index in [0.717, 1.165) is 24.2 Å². The second-order valence-electron chi connectivity index (χ2n) is 7.53. The fraction of sp³-hybridized carbons (Fsp3) is 0.632. The zero-order chi connectivity index (χ0) is 12.9. The topological polar surface area (TPSA) is 0 Å². The standard InChI is InChI=1S/C19H25/c1-2-18(17-6-4-3-5-7-17)19-11-14-8-15(12-19)10-16(9-14)13-19/h3-7,14-16,18H,1-2,8-13H2. The summed E-state index contributed by atoms with van der Waals surface area (Å²) in [4.78, 5) is 0. The Hall–Kier alpha value is -0.780. The SMILES string of the molecule is [CH2]CC(c1ccccc1)C12CC3CC(CC(C3)C1)C2. The van der Waals surface area contributed by atoms with Gasteiger partial charge in [0.25, 0.3) is 0 Å². The average Bonchev–Trinajstić information content (AvgIpc) is 2.38. The highest BCUT2D eigenvalue weighted by Gasteiger charge is 2.53. The molecule has 1 aromatic rings. The van der Waals surface area contributed by atoms with Gasteiger partial charge in [-0.05, 0) is 79.6 Å². The Morgan fingerprint density at radius 1 is 0.947 bits per heavy atom. The van der Waals surface area contributed by atoms with Crippen molar-refractivity contribution < 1.29 is 0 Å². The average molecular weight is 253 g/mol. The second-order valence-corrected chi connectivity index (χ2v) is 7.53. The predicted molar refractivity (Wildman–Crippen MR) is 79.8 cm³/mol. The Morgan fingerprint density at radius 3 is 1.95 bits per heavy atom. The molecule has 4 aliphatic carbocycles. The van der Waals surface area contributed by atoms with Crippen molar-refractivity contribution in [1.82, 2.24) is 0 Å². The van der Waals surface area contributed by atoms with Crippen molar-refractivity contribution in [1.29, 1.82) is 0 Å². The van der Waals surface area contributed by atoms with E-state index in [2.05, 4.69) is 37.3 Å². The third kappa shape index (κ3) is 1.87. The molecule has 0 N–H and O–H groups in total. The molecule has 1 unspecified atom stereocenters. The first-order valence-corrected chi connectivity index (χ1v) is 8.13. The lowest BCUT2D eigenvalue weighted by Gasteiger charge is -2.59. The van der Waals surface area contributed by atoms with E-state index in [9.17, 15) is 0 Å². The molecule has 0 heterocycles. The molecule has 19 heavy (non-hydrogen) atoms. The van der Waals surface area contributed by atoms with Crippen LogP contribution in [0, 0.1) is 30.1 Å². The zero-order valence-corrected chi connectivity index (χ0v) is 11.9. The van der Waals surface area contributed by atoms with Gasteiger partial charge in [-0.2, -0.15) is 0 Å². The third-order valence-corrected chi connectivity index (χ3v) is 6.32. The lowest BCUT2D eigenvalue weighted by atomic mass is 9.45. The van der Waals surface area contributed by atoms with E-state index >= 15 is 0 Å². The summed E-state index contributed by atoms with van der Waals surface area (Å²) < 4.78 is 0. The summed E-state index contributed by atoms with van der Waals surface area (Å²) in [5.74, 6) is 3.85. The summed E-state index contributed by atoms with van der Waals surface area (Å²) in [6, 6.07) is 11.2. The number of hydrogen-bond acceptors (Lipinski definition) is 0. The Kier molecular flexibility index (Phi) is 2.76. The van der Waals surface area contributed by atoms with Crippen LogP contribution in [0.5, 0.6) is 0 Å². The fourth-order valence-electron chi connectivity index (χ4n) is 6.12. The predicted octanol–water partition coefficient (Wildman–Crippen LogP) is 5.21. The Balaban J connectivity index is 1.70. The normalized spacial score (nSPS) is 41.4. The molecule has 1 aromatic carbocycles. The van der Waals surface area contributed by atoms with Crippen molar-refractivity contribution in [2.45, 2.75) is 50.9 Å². The minimum atomic E-state index is 0.609. The molecule has 4 bridgehead atoms. The van der Waals surface area contributed by atoms with Crippen LogP contribution in [0.1, 0.15) is 56.4 Å².